The van der Waals surface area contributed by atoms with Gasteiger partial charge in [0.05, 0.1) is 13.3 Å². The average molecular weight is 443 g/mol. The van der Waals surface area contributed by atoms with Crippen molar-refractivity contribution in [2.24, 2.45) is 5.10 Å². The molecule has 3 aromatic rings. The number of benzene rings is 3. The van der Waals surface area contributed by atoms with Gasteiger partial charge in [0.2, 0.25) is 0 Å². The van der Waals surface area contributed by atoms with Gasteiger partial charge in [-0.1, -0.05) is 42.5 Å². The quantitative estimate of drug-likeness (QED) is 0.317. The van der Waals surface area contributed by atoms with E-state index in [1.54, 1.807) is 43.5 Å². The summed E-state index contributed by atoms with van der Waals surface area (Å²) in [6, 6.07) is 23.6. The maximum absolute atomic E-state index is 12.9. The third-order valence-electron chi connectivity index (χ3n) is 4.72. The lowest BCUT2D eigenvalue weighted by molar-refractivity contribution is -0.117. The number of anilines is 1. The van der Waals surface area contributed by atoms with Crippen molar-refractivity contribution in [1.29, 1.82) is 0 Å². The molecule has 0 aliphatic heterocycles. The van der Waals surface area contributed by atoms with Gasteiger partial charge in [-0.05, 0) is 53.6 Å². The lowest BCUT2D eigenvalue weighted by Crippen LogP contribution is -2.32. The lowest BCUT2D eigenvalue weighted by atomic mass is 10.1. The highest BCUT2D eigenvalue weighted by Crippen LogP contribution is 2.15. The fraction of sp³-hybridized carbons (Fsp3) is 0.115. The zero-order valence-electron chi connectivity index (χ0n) is 18.8. The predicted octanol–water partition coefficient (Wildman–Crippen LogP) is 3.68. The van der Waals surface area contributed by atoms with Gasteiger partial charge in [-0.2, -0.15) is 5.10 Å². The monoisotopic (exact) mass is 442 g/mol. The van der Waals surface area contributed by atoms with Crippen molar-refractivity contribution in [2.75, 3.05) is 26.1 Å². The molecule has 0 atom stereocenters. The highest BCUT2D eigenvalue weighted by atomic mass is 16.5. The first kappa shape index (κ1) is 23.3. The van der Waals surface area contributed by atoms with E-state index in [0.717, 1.165) is 16.8 Å². The van der Waals surface area contributed by atoms with Crippen LogP contribution in [0.25, 0.3) is 6.08 Å². The number of methoxy groups -OCH3 is 1. The Bertz CT molecular complexity index is 1150. The van der Waals surface area contributed by atoms with Crippen molar-refractivity contribution in [3.8, 4) is 5.75 Å². The van der Waals surface area contributed by atoms with E-state index in [-0.39, 0.29) is 5.70 Å². The van der Waals surface area contributed by atoms with Gasteiger partial charge in [-0.15, -0.1) is 0 Å². The van der Waals surface area contributed by atoms with Crippen LogP contribution >= 0.6 is 0 Å². The van der Waals surface area contributed by atoms with Gasteiger partial charge >= 0.3 is 0 Å². The zero-order valence-corrected chi connectivity index (χ0v) is 18.8. The van der Waals surface area contributed by atoms with Gasteiger partial charge in [0.25, 0.3) is 11.8 Å². The molecular formula is C26H26N4O3. The van der Waals surface area contributed by atoms with Gasteiger partial charge in [0.1, 0.15) is 11.4 Å². The van der Waals surface area contributed by atoms with Crippen molar-refractivity contribution < 1.29 is 14.3 Å². The number of rotatable bonds is 8. The minimum atomic E-state index is -0.546. The Kier molecular flexibility index (Phi) is 7.96. The molecule has 0 heterocycles. The molecule has 0 saturated heterocycles. The number of nitrogens with zero attached hydrogens (tertiary/aromatic N) is 2. The highest BCUT2D eigenvalue weighted by molar-refractivity contribution is 6.05. The molecule has 0 radical (unpaired) electrons. The second-order valence-corrected chi connectivity index (χ2v) is 7.34. The standard InChI is InChI=1S/C26H26N4O3/c1-30(2)22-14-12-19(13-15-22)17-24(28-25(31)21-9-5-4-6-10-21)26(32)29-27-18-20-8-7-11-23(16-20)33-3/h4-18H,1-3H3,(H,28,31)(H,29,32)/b24-17-,27-18?. The van der Waals surface area contributed by atoms with Crippen molar-refractivity contribution in [2.45, 2.75) is 0 Å². The van der Waals surface area contributed by atoms with E-state index in [1.165, 1.54) is 6.21 Å². The Balaban J connectivity index is 1.81. The molecule has 0 saturated carbocycles. The first-order chi connectivity index (χ1) is 16.0. The fourth-order valence-corrected chi connectivity index (χ4v) is 2.93. The van der Waals surface area contributed by atoms with E-state index in [1.807, 2.05) is 67.5 Å². The summed E-state index contributed by atoms with van der Waals surface area (Å²) in [5.41, 5.74) is 5.53. The van der Waals surface area contributed by atoms with Crippen molar-refractivity contribution in [3.63, 3.8) is 0 Å². The van der Waals surface area contributed by atoms with E-state index < -0.39 is 11.8 Å². The molecule has 7 nitrogen and oxygen atoms in total. The van der Waals surface area contributed by atoms with Crippen LogP contribution in [-0.2, 0) is 4.79 Å². The first-order valence-corrected chi connectivity index (χ1v) is 10.3. The third kappa shape index (κ3) is 6.80. The number of hydrogen-bond donors (Lipinski definition) is 2. The van der Waals surface area contributed by atoms with E-state index in [4.69, 9.17) is 4.74 Å². The number of amides is 2. The van der Waals surface area contributed by atoms with Crippen molar-refractivity contribution in [3.05, 3.63) is 101 Å². The summed E-state index contributed by atoms with van der Waals surface area (Å²) >= 11 is 0. The van der Waals surface area contributed by atoms with E-state index in [9.17, 15) is 9.59 Å². The van der Waals surface area contributed by atoms with Crippen LogP contribution < -0.4 is 20.4 Å². The van der Waals surface area contributed by atoms with Crippen LogP contribution in [0.2, 0.25) is 0 Å². The number of carbonyl (C=O) groups is 2. The molecule has 3 aromatic carbocycles. The molecule has 0 aliphatic carbocycles. The zero-order chi connectivity index (χ0) is 23.6. The third-order valence-corrected chi connectivity index (χ3v) is 4.72. The molecule has 0 aliphatic rings. The summed E-state index contributed by atoms with van der Waals surface area (Å²) in [5, 5.41) is 6.71. The summed E-state index contributed by atoms with van der Waals surface area (Å²) < 4.78 is 5.19. The Morgan fingerprint density at radius 1 is 0.909 bits per heavy atom. The van der Waals surface area contributed by atoms with Crippen LogP contribution in [0, 0.1) is 0 Å². The highest BCUT2D eigenvalue weighted by Gasteiger charge is 2.14. The van der Waals surface area contributed by atoms with Gasteiger partial charge < -0.3 is 15.0 Å². The Morgan fingerprint density at radius 3 is 2.30 bits per heavy atom. The van der Waals surface area contributed by atoms with Crippen LogP contribution in [0.3, 0.4) is 0 Å². The molecule has 0 aromatic heterocycles. The summed E-state index contributed by atoms with van der Waals surface area (Å²) in [6.07, 6.45) is 3.11. The van der Waals surface area contributed by atoms with Gasteiger partial charge in [-0.25, -0.2) is 5.43 Å². The lowest BCUT2D eigenvalue weighted by Gasteiger charge is -2.12. The van der Waals surface area contributed by atoms with E-state index in [2.05, 4.69) is 15.8 Å². The maximum atomic E-state index is 12.9. The molecule has 3 rings (SSSR count). The maximum Gasteiger partial charge on any atom is 0.287 e. The topological polar surface area (TPSA) is 83.0 Å². The minimum Gasteiger partial charge on any atom is -0.497 e. The Hall–Kier alpha value is -4.39. The number of hydrogen-bond acceptors (Lipinski definition) is 5. The SMILES string of the molecule is COc1cccc(C=NNC(=O)/C(=C/c2ccc(N(C)C)cc2)NC(=O)c2ccccc2)c1. The van der Waals surface area contributed by atoms with Gasteiger partial charge in [-0.3, -0.25) is 9.59 Å². The summed E-state index contributed by atoms with van der Waals surface area (Å²) in [7, 11) is 5.48. The second-order valence-electron chi connectivity index (χ2n) is 7.34. The predicted molar refractivity (Wildman–Crippen MR) is 131 cm³/mol. The summed E-state index contributed by atoms with van der Waals surface area (Å²) in [5.74, 6) is -0.254. The Morgan fingerprint density at radius 2 is 1.64 bits per heavy atom. The first-order valence-electron chi connectivity index (χ1n) is 10.3. The van der Waals surface area contributed by atoms with Gasteiger partial charge in [0.15, 0.2) is 0 Å². The average Bonchev–Trinajstić information content (AvgIpc) is 2.84. The molecule has 33 heavy (non-hydrogen) atoms. The molecule has 0 spiro atoms. The molecular weight excluding hydrogens is 416 g/mol. The molecule has 0 fully saturated rings. The van der Waals surface area contributed by atoms with E-state index in [0.29, 0.717) is 11.3 Å². The molecule has 0 bridgehead atoms. The van der Waals surface area contributed by atoms with Crippen LogP contribution in [0.4, 0.5) is 5.69 Å². The van der Waals surface area contributed by atoms with Crippen LogP contribution in [0.15, 0.2) is 89.7 Å². The largest absolute Gasteiger partial charge is 0.497 e. The normalized spacial score (nSPS) is 11.2. The minimum absolute atomic E-state index is 0.0734. The molecule has 168 valence electrons. The number of nitrogens with one attached hydrogen (secondary N) is 2. The summed E-state index contributed by atoms with van der Waals surface area (Å²) in [6.45, 7) is 0. The van der Waals surface area contributed by atoms with Gasteiger partial charge in [0, 0.05) is 25.3 Å². The summed E-state index contributed by atoms with van der Waals surface area (Å²) in [4.78, 5) is 27.5. The van der Waals surface area contributed by atoms with Crippen LogP contribution in [-0.4, -0.2) is 39.2 Å². The fourth-order valence-electron chi connectivity index (χ4n) is 2.93. The second kappa shape index (κ2) is 11.3. The van der Waals surface area contributed by atoms with Crippen molar-refractivity contribution in [1.82, 2.24) is 10.7 Å². The number of hydrazone groups is 1. The molecule has 7 heteroatoms. The van der Waals surface area contributed by atoms with E-state index >= 15 is 0 Å². The van der Waals surface area contributed by atoms with Crippen molar-refractivity contribution >= 4 is 29.8 Å². The Labute approximate surface area is 193 Å². The smallest absolute Gasteiger partial charge is 0.287 e. The molecule has 0 unspecified atom stereocenters. The molecule has 2 amide bonds. The van der Waals surface area contributed by atoms with Crippen LogP contribution in [0.1, 0.15) is 21.5 Å². The molecule has 2 N–H and O–H groups in total. The van der Waals surface area contributed by atoms with Crippen LogP contribution in [0.5, 0.6) is 5.75 Å². The number of ether oxygens (including phenoxy) is 1. The number of carbonyl (C=O) groups excluding carboxylic acids is 2.